The monoisotopic (exact) mass is 529 g/mol. The highest BCUT2D eigenvalue weighted by Gasteiger charge is 2.53. The molecule has 1 aromatic carbocycles. The summed E-state index contributed by atoms with van der Waals surface area (Å²) < 4.78 is 58.3. The quantitative estimate of drug-likeness (QED) is 0.365. The first-order valence-electron chi connectivity index (χ1n) is 11.9. The van der Waals surface area contributed by atoms with Gasteiger partial charge in [0.2, 0.25) is 0 Å². The lowest BCUT2D eigenvalue weighted by atomic mass is 9.79. The van der Waals surface area contributed by atoms with E-state index in [1.165, 1.54) is 6.07 Å². The summed E-state index contributed by atoms with van der Waals surface area (Å²) in [5.41, 5.74) is -2.46. The Balaban J connectivity index is 1.55. The number of ether oxygens (including phenoxy) is 2. The minimum Gasteiger partial charge on any atom is -0.496 e. The predicted octanol–water partition coefficient (Wildman–Crippen LogP) is 5.17. The van der Waals surface area contributed by atoms with Crippen LogP contribution < -0.4 is 9.47 Å². The predicted molar refractivity (Wildman–Crippen MR) is 129 cm³/mol. The van der Waals surface area contributed by atoms with Crippen LogP contribution in [0, 0.1) is 6.92 Å². The van der Waals surface area contributed by atoms with Crippen molar-refractivity contribution in [2.75, 3.05) is 7.11 Å². The van der Waals surface area contributed by atoms with Gasteiger partial charge in [-0.05, 0) is 51.0 Å². The number of alkyl halides is 3. The summed E-state index contributed by atoms with van der Waals surface area (Å²) in [6, 6.07) is 7.54. The standard InChI is InChI=1S/C26H26F3N5O4/c1-15-30-14-20(37-15)18-8-6-16(12-19(18)36-4)22-32-33-23-25(24(2,3)35,10-5-11-34(22)23)38-17-7-9-21(31-13-17)26(27,28)29/h6-9,12-14,35H,5,10-11H2,1-4H3. The lowest BCUT2D eigenvalue weighted by Crippen LogP contribution is -2.55. The maximum atomic E-state index is 13.0. The Morgan fingerprint density at radius 3 is 2.47 bits per heavy atom. The first kappa shape index (κ1) is 25.7. The highest BCUT2D eigenvalue weighted by Crippen LogP contribution is 2.45. The maximum Gasteiger partial charge on any atom is 0.433 e. The second-order valence-corrected chi connectivity index (χ2v) is 9.63. The SMILES string of the molecule is COc1cc(-c2nnc3n2CCCC3(Oc2ccc(C(F)(F)F)nc2)C(C)(C)O)ccc1-c1cnc(C)o1. The molecule has 0 amide bonds. The van der Waals surface area contributed by atoms with E-state index in [1.54, 1.807) is 34.1 Å². The van der Waals surface area contributed by atoms with Crippen molar-refractivity contribution in [2.45, 2.75) is 57.5 Å². The molecule has 4 heterocycles. The number of nitrogens with zero attached hydrogens (tertiary/aromatic N) is 5. The molecule has 0 aliphatic carbocycles. The summed E-state index contributed by atoms with van der Waals surface area (Å²) in [6.45, 7) is 5.46. The smallest absolute Gasteiger partial charge is 0.433 e. The number of halogens is 3. The molecule has 0 fully saturated rings. The summed E-state index contributed by atoms with van der Waals surface area (Å²) in [6.07, 6.45) is -0.987. The van der Waals surface area contributed by atoms with Crippen LogP contribution in [-0.4, -0.2) is 42.5 Å². The van der Waals surface area contributed by atoms with Crippen LogP contribution >= 0.6 is 0 Å². The second-order valence-electron chi connectivity index (χ2n) is 9.63. The third-order valence-corrected chi connectivity index (χ3v) is 6.68. The fourth-order valence-corrected chi connectivity index (χ4v) is 4.76. The van der Waals surface area contributed by atoms with Gasteiger partial charge in [0.25, 0.3) is 0 Å². The molecule has 3 aromatic heterocycles. The van der Waals surface area contributed by atoms with Crippen molar-refractivity contribution >= 4 is 0 Å². The summed E-state index contributed by atoms with van der Waals surface area (Å²) in [5.74, 6) is 2.61. The van der Waals surface area contributed by atoms with Gasteiger partial charge in [0.1, 0.15) is 22.8 Å². The Bertz CT molecular complexity index is 1460. The number of oxazole rings is 1. The molecule has 1 N–H and O–H groups in total. The molecule has 0 saturated heterocycles. The molecule has 0 spiro atoms. The van der Waals surface area contributed by atoms with Gasteiger partial charge in [-0.3, -0.25) is 0 Å². The van der Waals surface area contributed by atoms with Crippen LogP contribution in [0.1, 0.15) is 44.1 Å². The average Bonchev–Trinajstić information content (AvgIpc) is 3.50. The minimum atomic E-state index is -4.57. The summed E-state index contributed by atoms with van der Waals surface area (Å²) in [5, 5.41) is 20.1. The molecule has 1 unspecified atom stereocenters. The summed E-state index contributed by atoms with van der Waals surface area (Å²) in [4.78, 5) is 7.63. The number of aryl methyl sites for hydroxylation is 1. The molecule has 5 rings (SSSR count). The molecule has 0 radical (unpaired) electrons. The highest BCUT2D eigenvalue weighted by molar-refractivity contribution is 5.71. The van der Waals surface area contributed by atoms with Crippen molar-refractivity contribution in [3.63, 3.8) is 0 Å². The summed E-state index contributed by atoms with van der Waals surface area (Å²) >= 11 is 0. The van der Waals surface area contributed by atoms with Gasteiger partial charge in [0.15, 0.2) is 28.9 Å². The maximum absolute atomic E-state index is 13.0. The highest BCUT2D eigenvalue weighted by atomic mass is 19.4. The number of aromatic nitrogens is 5. The molecular weight excluding hydrogens is 503 g/mol. The van der Waals surface area contributed by atoms with Gasteiger partial charge in [-0.25, -0.2) is 9.97 Å². The second kappa shape index (κ2) is 9.12. The van der Waals surface area contributed by atoms with Gasteiger partial charge in [-0.2, -0.15) is 13.2 Å². The molecule has 0 bridgehead atoms. The van der Waals surface area contributed by atoms with E-state index < -0.39 is 23.1 Å². The van der Waals surface area contributed by atoms with Crippen LogP contribution in [0.2, 0.25) is 0 Å². The first-order valence-corrected chi connectivity index (χ1v) is 11.9. The lowest BCUT2D eigenvalue weighted by molar-refractivity contribution is -0.142. The van der Waals surface area contributed by atoms with Gasteiger partial charge < -0.3 is 23.6 Å². The van der Waals surface area contributed by atoms with E-state index in [1.807, 2.05) is 22.8 Å². The Labute approximate surface area is 216 Å². The zero-order valence-electron chi connectivity index (χ0n) is 21.2. The molecule has 1 atom stereocenters. The average molecular weight is 530 g/mol. The van der Waals surface area contributed by atoms with Gasteiger partial charge in [-0.15, -0.1) is 10.2 Å². The van der Waals surface area contributed by atoms with Crippen molar-refractivity contribution in [3.05, 3.63) is 60.1 Å². The van der Waals surface area contributed by atoms with Crippen LogP contribution in [0.5, 0.6) is 11.5 Å². The zero-order chi connectivity index (χ0) is 27.3. The third kappa shape index (κ3) is 4.38. The molecule has 1 aliphatic rings. The van der Waals surface area contributed by atoms with Crippen molar-refractivity contribution < 1.29 is 32.2 Å². The number of benzene rings is 1. The van der Waals surface area contributed by atoms with Crippen molar-refractivity contribution in [1.29, 1.82) is 0 Å². The summed E-state index contributed by atoms with van der Waals surface area (Å²) in [7, 11) is 1.55. The van der Waals surface area contributed by atoms with E-state index in [-0.39, 0.29) is 5.75 Å². The van der Waals surface area contributed by atoms with E-state index in [0.717, 1.165) is 17.8 Å². The van der Waals surface area contributed by atoms with Gasteiger partial charge in [0, 0.05) is 19.0 Å². The third-order valence-electron chi connectivity index (χ3n) is 6.68. The Hall–Kier alpha value is -3.93. The molecule has 1 aliphatic heterocycles. The van der Waals surface area contributed by atoms with Gasteiger partial charge >= 0.3 is 6.18 Å². The van der Waals surface area contributed by atoms with Gasteiger partial charge in [-0.1, -0.05) is 6.07 Å². The zero-order valence-corrected chi connectivity index (χ0v) is 21.2. The Morgan fingerprint density at radius 1 is 1.08 bits per heavy atom. The minimum absolute atomic E-state index is 0.0755. The largest absolute Gasteiger partial charge is 0.496 e. The van der Waals surface area contributed by atoms with E-state index >= 15 is 0 Å². The number of aliphatic hydroxyl groups is 1. The van der Waals surface area contributed by atoms with Crippen LogP contribution in [0.15, 0.2) is 47.1 Å². The number of hydrogen-bond acceptors (Lipinski definition) is 8. The fourth-order valence-electron chi connectivity index (χ4n) is 4.76. The first-order chi connectivity index (χ1) is 17.9. The van der Waals surface area contributed by atoms with Crippen molar-refractivity contribution in [1.82, 2.24) is 24.7 Å². The Kier molecular flexibility index (Phi) is 6.17. The molecule has 4 aromatic rings. The van der Waals surface area contributed by atoms with Crippen LogP contribution in [0.4, 0.5) is 13.2 Å². The number of pyridine rings is 1. The number of fused-ring (bicyclic) bond motifs is 1. The van der Waals surface area contributed by atoms with Crippen LogP contribution in [0.25, 0.3) is 22.7 Å². The number of methoxy groups -OCH3 is 1. The van der Waals surface area contributed by atoms with E-state index in [9.17, 15) is 18.3 Å². The normalized spacial score (nSPS) is 17.8. The molecule has 38 heavy (non-hydrogen) atoms. The lowest BCUT2D eigenvalue weighted by Gasteiger charge is -2.44. The van der Waals surface area contributed by atoms with Gasteiger partial charge in [0.05, 0.1) is 25.1 Å². The molecule has 12 heteroatoms. The van der Waals surface area contributed by atoms with Crippen molar-refractivity contribution in [2.24, 2.45) is 0 Å². The molecule has 9 nitrogen and oxygen atoms in total. The Morgan fingerprint density at radius 2 is 1.87 bits per heavy atom. The molecular formula is C26H26F3N5O4. The fraction of sp³-hybridized carbons (Fsp3) is 0.385. The molecule has 0 saturated carbocycles. The topological polar surface area (TPSA) is 108 Å². The number of rotatable bonds is 6. The molecule has 200 valence electrons. The number of hydrogen-bond donors (Lipinski definition) is 1. The van der Waals surface area contributed by atoms with Crippen molar-refractivity contribution in [3.8, 4) is 34.2 Å². The van der Waals surface area contributed by atoms with E-state index in [2.05, 4.69) is 20.2 Å². The van der Waals surface area contributed by atoms with Crippen LogP contribution in [0.3, 0.4) is 0 Å². The van der Waals surface area contributed by atoms with E-state index in [0.29, 0.717) is 54.0 Å². The van der Waals surface area contributed by atoms with E-state index in [4.69, 9.17) is 13.9 Å². The van der Waals surface area contributed by atoms with Crippen LogP contribution in [-0.2, 0) is 18.3 Å².